The summed E-state index contributed by atoms with van der Waals surface area (Å²) in [5.74, 6) is 1.01. The summed E-state index contributed by atoms with van der Waals surface area (Å²) in [6, 6.07) is 14.9. The van der Waals surface area contributed by atoms with Crippen molar-refractivity contribution in [1.29, 1.82) is 0 Å². The maximum atomic E-state index is 6.08. The summed E-state index contributed by atoms with van der Waals surface area (Å²) in [5.41, 5.74) is 11.3. The van der Waals surface area contributed by atoms with Crippen LogP contribution in [0.1, 0.15) is 41.5 Å². The van der Waals surface area contributed by atoms with Gasteiger partial charge in [-0.25, -0.2) is 0 Å². The van der Waals surface area contributed by atoms with E-state index in [-0.39, 0.29) is 5.41 Å². The number of ether oxygens (including phenoxy) is 1. The first-order valence-electron chi connectivity index (χ1n) is 8.13. The SMILES string of the molecule is Cc1cc(C2(CN)CCC2)cc(C)c1OCc1ccccc1. The van der Waals surface area contributed by atoms with E-state index in [0.29, 0.717) is 6.61 Å². The molecule has 0 atom stereocenters. The van der Waals surface area contributed by atoms with Gasteiger partial charge in [-0.15, -0.1) is 0 Å². The number of nitrogens with two attached hydrogens (primary N) is 1. The van der Waals surface area contributed by atoms with Crippen molar-refractivity contribution in [2.75, 3.05) is 6.54 Å². The van der Waals surface area contributed by atoms with Gasteiger partial charge in [0.2, 0.25) is 0 Å². The molecule has 1 fully saturated rings. The van der Waals surface area contributed by atoms with Crippen molar-refractivity contribution in [2.24, 2.45) is 5.73 Å². The molecule has 2 nitrogen and oxygen atoms in total. The summed E-state index contributed by atoms with van der Waals surface area (Å²) in [4.78, 5) is 0. The molecule has 0 heterocycles. The zero-order valence-electron chi connectivity index (χ0n) is 13.6. The Morgan fingerprint density at radius 1 is 1.05 bits per heavy atom. The Morgan fingerprint density at radius 2 is 1.68 bits per heavy atom. The van der Waals surface area contributed by atoms with Crippen molar-refractivity contribution in [2.45, 2.75) is 45.1 Å². The van der Waals surface area contributed by atoms with Crippen LogP contribution in [0.3, 0.4) is 0 Å². The van der Waals surface area contributed by atoms with Crippen LogP contribution in [0.4, 0.5) is 0 Å². The van der Waals surface area contributed by atoms with Crippen molar-refractivity contribution < 1.29 is 4.74 Å². The van der Waals surface area contributed by atoms with Crippen LogP contribution in [-0.4, -0.2) is 6.54 Å². The van der Waals surface area contributed by atoms with Gasteiger partial charge >= 0.3 is 0 Å². The smallest absolute Gasteiger partial charge is 0.125 e. The monoisotopic (exact) mass is 295 g/mol. The molecule has 116 valence electrons. The third kappa shape index (κ3) is 2.76. The van der Waals surface area contributed by atoms with Crippen LogP contribution in [0.5, 0.6) is 5.75 Å². The lowest BCUT2D eigenvalue weighted by Crippen LogP contribution is -2.41. The number of aryl methyl sites for hydroxylation is 2. The second-order valence-electron chi connectivity index (χ2n) is 6.55. The minimum Gasteiger partial charge on any atom is -0.488 e. The molecule has 2 aromatic carbocycles. The average molecular weight is 295 g/mol. The first kappa shape index (κ1) is 15.1. The van der Waals surface area contributed by atoms with Gasteiger partial charge < -0.3 is 10.5 Å². The molecule has 22 heavy (non-hydrogen) atoms. The first-order valence-corrected chi connectivity index (χ1v) is 8.13. The van der Waals surface area contributed by atoms with Crippen LogP contribution >= 0.6 is 0 Å². The van der Waals surface area contributed by atoms with Crippen molar-refractivity contribution in [3.8, 4) is 5.75 Å². The third-order valence-electron chi connectivity index (χ3n) is 5.00. The van der Waals surface area contributed by atoms with E-state index in [4.69, 9.17) is 10.5 Å². The normalized spacial score (nSPS) is 16.1. The molecule has 2 aromatic rings. The fourth-order valence-corrected chi connectivity index (χ4v) is 3.43. The van der Waals surface area contributed by atoms with Gasteiger partial charge in [-0.1, -0.05) is 48.9 Å². The fourth-order valence-electron chi connectivity index (χ4n) is 3.43. The lowest BCUT2D eigenvalue weighted by atomic mass is 9.64. The van der Waals surface area contributed by atoms with Gasteiger partial charge in [0.1, 0.15) is 12.4 Å². The molecule has 1 aliphatic carbocycles. The van der Waals surface area contributed by atoms with Gasteiger partial charge in [0.05, 0.1) is 0 Å². The number of benzene rings is 2. The molecule has 0 aromatic heterocycles. The van der Waals surface area contributed by atoms with Crippen LogP contribution < -0.4 is 10.5 Å². The lowest BCUT2D eigenvalue weighted by Gasteiger charge is -2.42. The van der Waals surface area contributed by atoms with Crippen LogP contribution in [0.15, 0.2) is 42.5 Å². The molecule has 0 aliphatic heterocycles. The summed E-state index contributed by atoms with van der Waals surface area (Å²) in [6.07, 6.45) is 3.72. The molecule has 2 N–H and O–H groups in total. The highest BCUT2D eigenvalue weighted by molar-refractivity contribution is 5.46. The zero-order valence-corrected chi connectivity index (χ0v) is 13.6. The molecule has 0 amide bonds. The van der Waals surface area contributed by atoms with E-state index >= 15 is 0 Å². The molecule has 0 saturated heterocycles. The van der Waals surface area contributed by atoms with Gasteiger partial charge in [-0.2, -0.15) is 0 Å². The summed E-state index contributed by atoms with van der Waals surface area (Å²) in [5, 5.41) is 0. The van der Waals surface area contributed by atoms with Gasteiger partial charge in [0, 0.05) is 12.0 Å². The standard InChI is InChI=1S/C20H25NO/c1-15-11-18(20(14-21)9-6-10-20)12-16(2)19(15)22-13-17-7-4-3-5-8-17/h3-5,7-8,11-12H,6,9-10,13-14,21H2,1-2H3. The summed E-state index contributed by atoms with van der Waals surface area (Å²) < 4.78 is 6.08. The first-order chi connectivity index (χ1) is 10.6. The maximum absolute atomic E-state index is 6.08. The Balaban J connectivity index is 1.81. The van der Waals surface area contributed by atoms with E-state index in [1.165, 1.54) is 41.5 Å². The lowest BCUT2D eigenvalue weighted by molar-refractivity contribution is 0.252. The van der Waals surface area contributed by atoms with Crippen molar-refractivity contribution in [1.82, 2.24) is 0 Å². The molecule has 0 radical (unpaired) electrons. The van der Waals surface area contributed by atoms with E-state index in [1.807, 2.05) is 18.2 Å². The quantitative estimate of drug-likeness (QED) is 0.894. The topological polar surface area (TPSA) is 35.2 Å². The van der Waals surface area contributed by atoms with E-state index in [0.717, 1.165) is 12.3 Å². The number of rotatable bonds is 5. The molecular weight excluding hydrogens is 270 g/mol. The second-order valence-corrected chi connectivity index (χ2v) is 6.55. The molecule has 1 aliphatic rings. The van der Waals surface area contributed by atoms with Crippen molar-refractivity contribution in [3.63, 3.8) is 0 Å². The predicted octanol–water partition coefficient (Wildman–Crippen LogP) is 4.26. The van der Waals surface area contributed by atoms with E-state index < -0.39 is 0 Å². The molecule has 0 spiro atoms. The third-order valence-corrected chi connectivity index (χ3v) is 5.00. The largest absolute Gasteiger partial charge is 0.488 e. The van der Waals surface area contributed by atoms with Gasteiger partial charge in [0.25, 0.3) is 0 Å². The molecular formula is C20H25NO. The summed E-state index contributed by atoms with van der Waals surface area (Å²) >= 11 is 0. The van der Waals surface area contributed by atoms with Crippen LogP contribution in [0, 0.1) is 13.8 Å². The highest BCUT2D eigenvalue weighted by Crippen LogP contribution is 2.44. The molecule has 2 heteroatoms. The second kappa shape index (κ2) is 6.13. The van der Waals surface area contributed by atoms with Crippen molar-refractivity contribution in [3.05, 3.63) is 64.7 Å². The Morgan fingerprint density at radius 3 is 2.18 bits per heavy atom. The zero-order chi connectivity index (χ0) is 15.6. The highest BCUT2D eigenvalue weighted by atomic mass is 16.5. The average Bonchev–Trinajstić information content (AvgIpc) is 2.47. The van der Waals surface area contributed by atoms with Gasteiger partial charge in [-0.3, -0.25) is 0 Å². The van der Waals surface area contributed by atoms with Crippen LogP contribution in [0.25, 0.3) is 0 Å². The summed E-state index contributed by atoms with van der Waals surface area (Å²) in [6.45, 7) is 5.64. The highest BCUT2D eigenvalue weighted by Gasteiger charge is 2.37. The van der Waals surface area contributed by atoms with E-state index in [9.17, 15) is 0 Å². The minimum absolute atomic E-state index is 0.216. The predicted molar refractivity (Wildman–Crippen MR) is 91.3 cm³/mol. The fraction of sp³-hybridized carbons (Fsp3) is 0.400. The van der Waals surface area contributed by atoms with Crippen LogP contribution in [0.2, 0.25) is 0 Å². The summed E-state index contributed by atoms with van der Waals surface area (Å²) in [7, 11) is 0. The molecule has 1 saturated carbocycles. The minimum atomic E-state index is 0.216. The van der Waals surface area contributed by atoms with Gasteiger partial charge in [0.15, 0.2) is 0 Å². The molecule has 0 unspecified atom stereocenters. The van der Waals surface area contributed by atoms with Crippen LogP contribution in [-0.2, 0) is 12.0 Å². The van der Waals surface area contributed by atoms with E-state index in [2.05, 4.69) is 38.1 Å². The molecule has 0 bridgehead atoms. The Kier molecular flexibility index (Phi) is 4.21. The van der Waals surface area contributed by atoms with Gasteiger partial charge in [-0.05, 0) is 48.9 Å². The Labute approximate surface area is 133 Å². The van der Waals surface area contributed by atoms with E-state index in [1.54, 1.807) is 0 Å². The maximum Gasteiger partial charge on any atom is 0.125 e. The Bertz CT molecular complexity index is 615. The molecule has 3 rings (SSSR count). The Hall–Kier alpha value is -1.80. The number of hydrogen-bond donors (Lipinski definition) is 1. The van der Waals surface area contributed by atoms with Crippen molar-refractivity contribution >= 4 is 0 Å². The number of hydrogen-bond acceptors (Lipinski definition) is 2.